The molecular formula is C13H18BrNO2. The highest BCUT2D eigenvalue weighted by molar-refractivity contribution is 9.10. The van der Waals surface area contributed by atoms with Gasteiger partial charge < -0.3 is 10.1 Å². The fourth-order valence-corrected chi connectivity index (χ4v) is 1.75. The number of amides is 1. The molecule has 0 aromatic heterocycles. The summed E-state index contributed by atoms with van der Waals surface area (Å²) >= 11 is 3.38. The van der Waals surface area contributed by atoms with Gasteiger partial charge >= 0.3 is 0 Å². The standard InChI is InChI=1S/C13H18BrNO2/c1-13(2,12(16)15-8-9-17-3)10-4-6-11(14)7-5-10/h4-7H,8-9H2,1-3H3,(H,15,16). The van der Waals surface area contributed by atoms with Crippen molar-refractivity contribution in [2.24, 2.45) is 0 Å². The van der Waals surface area contributed by atoms with E-state index in [9.17, 15) is 4.79 Å². The Morgan fingerprint density at radius 1 is 1.35 bits per heavy atom. The molecule has 1 aromatic rings. The van der Waals surface area contributed by atoms with Crippen LogP contribution >= 0.6 is 15.9 Å². The predicted molar refractivity (Wildman–Crippen MR) is 72.1 cm³/mol. The zero-order chi connectivity index (χ0) is 12.9. The second-order valence-corrected chi connectivity index (χ2v) is 5.30. The van der Waals surface area contributed by atoms with Crippen LogP contribution in [-0.2, 0) is 14.9 Å². The van der Waals surface area contributed by atoms with Crippen molar-refractivity contribution in [3.05, 3.63) is 34.3 Å². The Kier molecular flexibility index (Phi) is 5.15. The molecule has 0 spiro atoms. The van der Waals surface area contributed by atoms with Crippen LogP contribution in [0.1, 0.15) is 19.4 Å². The van der Waals surface area contributed by atoms with Crippen LogP contribution in [0.4, 0.5) is 0 Å². The molecule has 1 N–H and O–H groups in total. The third-order valence-electron chi connectivity index (χ3n) is 2.73. The Balaban J connectivity index is 2.72. The van der Waals surface area contributed by atoms with Crippen molar-refractivity contribution >= 4 is 21.8 Å². The molecule has 3 nitrogen and oxygen atoms in total. The van der Waals surface area contributed by atoms with Crippen molar-refractivity contribution in [3.63, 3.8) is 0 Å². The number of benzene rings is 1. The lowest BCUT2D eigenvalue weighted by atomic mass is 9.84. The van der Waals surface area contributed by atoms with Crippen LogP contribution in [0.25, 0.3) is 0 Å². The molecule has 0 bridgehead atoms. The van der Waals surface area contributed by atoms with Crippen molar-refractivity contribution < 1.29 is 9.53 Å². The summed E-state index contributed by atoms with van der Waals surface area (Å²) in [5.41, 5.74) is 0.463. The SMILES string of the molecule is COCCNC(=O)C(C)(C)c1ccc(Br)cc1. The van der Waals surface area contributed by atoms with Crippen LogP contribution in [0.2, 0.25) is 0 Å². The van der Waals surface area contributed by atoms with E-state index in [2.05, 4.69) is 21.2 Å². The van der Waals surface area contributed by atoms with Crippen LogP contribution in [0.15, 0.2) is 28.7 Å². The smallest absolute Gasteiger partial charge is 0.230 e. The number of methoxy groups -OCH3 is 1. The van der Waals surface area contributed by atoms with Crippen molar-refractivity contribution in [2.75, 3.05) is 20.3 Å². The van der Waals surface area contributed by atoms with Gasteiger partial charge in [-0.05, 0) is 31.5 Å². The summed E-state index contributed by atoms with van der Waals surface area (Å²) in [6, 6.07) is 7.80. The first-order valence-corrected chi connectivity index (χ1v) is 6.31. The van der Waals surface area contributed by atoms with Crippen LogP contribution in [-0.4, -0.2) is 26.2 Å². The maximum absolute atomic E-state index is 12.0. The number of rotatable bonds is 5. The maximum atomic E-state index is 12.0. The molecule has 94 valence electrons. The lowest BCUT2D eigenvalue weighted by molar-refractivity contribution is -0.125. The number of ether oxygens (including phenoxy) is 1. The Hall–Kier alpha value is -0.870. The van der Waals surface area contributed by atoms with Crippen LogP contribution in [0.5, 0.6) is 0 Å². The van der Waals surface area contributed by atoms with E-state index < -0.39 is 5.41 Å². The lowest BCUT2D eigenvalue weighted by Gasteiger charge is -2.24. The zero-order valence-electron chi connectivity index (χ0n) is 10.4. The molecule has 0 aliphatic carbocycles. The fourth-order valence-electron chi connectivity index (χ4n) is 1.49. The minimum absolute atomic E-state index is 0.0110. The van der Waals surface area contributed by atoms with Gasteiger partial charge in [0.05, 0.1) is 12.0 Å². The molecule has 0 unspecified atom stereocenters. The van der Waals surface area contributed by atoms with Crippen LogP contribution in [0, 0.1) is 0 Å². The lowest BCUT2D eigenvalue weighted by Crippen LogP contribution is -2.41. The Morgan fingerprint density at radius 3 is 2.47 bits per heavy atom. The molecule has 0 heterocycles. The van der Waals surface area contributed by atoms with E-state index in [4.69, 9.17) is 4.74 Å². The highest BCUT2D eigenvalue weighted by atomic mass is 79.9. The first kappa shape index (κ1) is 14.2. The van der Waals surface area contributed by atoms with E-state index in [1.54, 1.807) is 7.11 Å². The van der Waals surface area contributed by atoms with Crippen molar-refractivity contribution in [2.45, 2.75) is 19.3 Å². The topological polar surface area (TPSA) is 38.3 Å². The van der Waals surface area contributed by atoms with Gasteiger partial charge in [-0.3, -0.25) is 4.79 Å². The van der Waals surface area contributed by atoms with E-state index in [1.807, 2.05) is 38.1 Å². The third-order valence-corrected chi connectivity index (χ3v) is 3.25. The van der Waals surface area contributed by atoms with E-state index in [0.29, 0.717) is 13.2 Å². The van der Waals surface area contributed by atoms with Gasteiger partial charge in [0, 0.05) is 18.1 Å². The van der Waals surface area contributed by atoms with E-state index in [1.165, 1.54) is 0 Å². The van der Waals surface area contributed by atoms with Crippen molar-refractivity contribution in [1.82, 2.24) is 5.32 Å². The minimum atomic E-state index is -0.533. The first-order valence-electron chi connectivity index (χ1n) is 5.51. The fraction of sp³-hybridized carbons (Fsp3) is 0.462. The normalized spacial score (nSPS) is 11.3. The van der Waals surface area contributed by atoms with Gasteiger partial charge in [0.15, 0.2) is 0 Å². The van der Waals surface area contributed by atoms with E-state index in [-0.39, 0.29) is 5.91 Å². The van der Waals surface area contributed by atoms with Gasteiger partial charge in [0.1, 0.15) is 0 Å². The first-order chi connectivity index (χ1) is 7.98. The Morgan fingerprint density at radius 2 is 1.94 bits per heavy atom. The highest BCUT2D eigenvalue weighted by Gasteiger charge is 2.29. The monoisotopic (exact) mass is 299 g/mol. The molecule has 0 fully saturated rings. The zero-order valence-corrected chi connectivity index (χ0v) is 12.0. The van der Waals surface area contributed by atoms with Gasteiger partial charge in [-0.25, -0.2) is 0 Å². The Labute approximate surface area is 111 Å². The molecule has 0 saturated heterocycles. The van der Waals surface area contributed by atoms with Gasteiger partial charge in [-0.15, -0.1) is 0 Å². The van der Waals surface area contributed by atoms with Crippen LogP contribution in [0.3, 0.4) is 0 Å². The summed E-state index contributed by atoms with van der Waals surface area (Å²) in [7, 11) is 1.62. The summed E-state index contributed by atoms with van der Waals surface area (Å²) < 4.78 is 5.92. The number of hydrogen-bond acceptors (Lipinski definition) is 2. The average Bonchev–Trinajstić information content (AvgIpc) is 2.29. The number of halogens is 1. The average molecular weight is 300 g/mol. The summed E-state index contributed by atoms with van der Waals surface area (Å²) in [5.74, 6) is 0.0110. The molecule has 1 aromatic carbocycles. The molecule has 0 aliphatic heterocycles. The van der Waals surface area contributed by atoms with E-state index >= 15 is 0 Å². The second-order valence-electron chi connectivity index (χ2n) is 4.38. The summed E-state index contributed by atoms with van der Waals surface area (Å²) in [6.07, 6.45) is 0. The van der Waals surface area contributed by atoms with Crippen molar-refractivity contribution in [3.8, 4) is 0 Å². The molecule has 0 aliphatic rings. The molecule has 4 heteroatoms. The maximum Gasteiger partial charge on any atom is 0.230 e. The Bertz CT molecular complexity index is 374. The third kappa shape index (κ3) is 3.82. The molecule has 1 rings (SSSR count). The van der Waals surface area contributed by atoms with Gasteiger partial charge in [-0.1, -0.05) is 28.1 Å². The molecule has 0 saturated carbocycles. The van der Waals surface area contributed by atoms with Gasteiger partial charge in [-0.2, -0.15) is 0 Å². The number of hydrogen-bond donors (Lipinski definition) is 1. The molecule has 0 radical (unpaired) electrons. The van der Waals surface area contributed by atoms with E-state index in [0.717, 1.165) is 10.0 Å². The van der Waals surface area contributed by atoms with Gasteiger partial charge in [0.25, 0.3) is 0 Å². The number of carbonyl (C=O) groups excluding carboxylic acids is 1. The van der Waals surface area contributed by atoms with Crippen molar-refractivity contribution in [1.29, 1.82) is 0 Å². The second kappa shape index (κ2) is 6.17. The molecule has 17 heavy (non-hydrogen) atoms. The quantitative estimate of drug-likeness (QED) is 0.849. The number of carbonyl (C=O) groups is 1. The van der Waals surface area contributed by atoms with Crippen LogP contribution < -0.4 is 5.32 Å². The summed E-state index contributed by atoms with van der Waals surface area (Å²) in [4.78, 5) is 12.0. The minimum Gasteiger partial charge on any atom is -0.383 e. The summed E-state index contributed by atoms with van der Waals surface area (Å²) in [5, 5.41) is 2.86. The predicted octanol–water partition coefficient (Wildman–Crippen LogP) is 2.49. The molecule has 1 amide bonds. The highest BCUT2D eigenvalue weighted by Crippen LogP contribution is 2.24. The largest absolute Gasteiger partial charge is 0.383 e. The van der Waals surface area contributed by atoms with Gasteiger partial charge in [0.2, 0.25) is 5.91 Å². The molecular weight excluding hydrogens is 282 g/mol. The summed E-state index contributed by atoms with van der Waals surface area (Å²) in [6.45, 7) is 4.90. The molecule has 0 atom stereocenters. The number of nitrogens with one attached hydrogen (secondary N) is 1.